The van der Waals surface area contributed by atoms with E-state index in [0.29, 0.717) is 23.6 Å². The second kappa shape index (κ2) is 10.8. The molecular weight excluding hydrogens is 446 g/mol. The minimum atomic E-state index is 0.385. The van der Waals surface area contributed by atoms with Crippen molar-refractivity contribution >= 4 is 45.8 Å². The summed E-state index contributed by atoms with van der Waals surface area (Å²) in [6, 6.07) is 17.7. The van der Waals surface area contributed by atoms with E-state index in [-0.39, 0.29) is 0 Å². The summed E-state index contributed by atoms with van der Waals surface area (Å²) >= 11 is 5.52. The number of methoxy groups -OCH3 is 1. The zero-order chi connectivity index (χ0) is 23.9. The van der Waals surface area contributed by atoms with Gasteiger partial charge in [-0.15, -0.1) is 0 Å². The van der Waals surface area contributed by atoms with Gasteiger partial charge in [0.25, 0.3) is 0 Å². The number of aliphatic imine (C=N–C) groups is 1. The number of nitrogens with one attached hydrogen (secondary N) is 4. The molecule has 2 aromatic heterocycles. The van der Waals surface area contributed by atoms with Crippen LogP contribution in [0.4, 0.5) is 11.6 Å². The lowest BCUT2D eigenvalue weighted by atomic mass is 10.1. The maximum atomic E-state index is 5.52. The van der Waals surface area contributed by atoms with Crippen LogP contribution in [0.3, 0.4) is 0 Å². The van der Waals surface area contributed by atoms with Crippen LogP contribution in [0.5, 0.6) is 5.75 Å². The fraction of sp³-hybridized carbons (Fsp3) is 0.200. The molecule has 0 aliphatic carbocycles. The van der Waals surface area contributed by atoms with Crippen molar-refractivity contribution in [1.82, 2.24) is 20.3 Å². The number of thiocarbonyl (C=S) groups is 1. The highest BCUT2D eigenvalue weighted by molar-refractivity contribution is 7.80. The molecule has 0 unspecified atom stereocenters. The van der Waals surface area contributed by atoms with Crippen LogP contribution < -0.4 is 20.7 Å². The summed E-state index contributed by atoms with van der Waals surface area (Å²) in [6.45, 7) is 4.40. The molecule has 0 aliphatic heterocycles. The van der Waals surface area contributed by atoms with Gasteiger partial charge in [0.1, 0.15) is 5.75 Å². The summed E-state index contributed by atoms with van der Waals surface area (Å²) in [5, 5.41) is 11.1. The molecule has 0 spiro atoms. The van der Waals surface area contributed by atoms with Crippen molar-refractivity contribution < 1.29 is 4.74 Å². The number of benzene rings is 2. The highest BCUT2D eigenvalue weighted by Crippen LogP contribution is 2.18. The van der Waals surface area contributed by atoms with Gasteiger partial charge in [0.05, 0.1) is 7.11 Å². The number of aromatic amines is 1. The zero-order valence-corrected chi connectivity index (χ0v) is 20.2. The lowest BCUT2D eigenvalue weighted by Gasteiger charge is -2.14. The van der Waals surface area contributed by atoms with Crippen molar-refractivity contribution in [3.63, 3.8) is 0 Å². The third kappa shape index (κ3) is 6.08. The molecule has 8 nitrogen and oxygen atoms in total. The Bertz CT molecular complexity index is 1310. The second-order valence-corrected chi connectivity index (χ2v) is 8.16. The number of anilines is 2. The van der Waals surface area contributed by atoms with E-state index in [2.05, 4.69) is 43.0 Å². The summed E-state index contributed by atoms with van der Waals surface area (Å²) in [6.07, 6.45) is 2.80. The number of ether oxygens (including phenoxy) is 1. The third-order valence-electron chi connectivity index (χ3n) is 5.10. The molecule has 0 atom stereocenters. The number of aryl methyl sites for hydroxylation is 2. The lowest BCUT2D eigenvalue weighted by molar-refractivity contribution is 0.415. The average molecular weight is 474 g/mol. The summed E-state index contributed by atoms with van der Waals surface area (Å²) in [4.78, 5) is 16.9. The molecule has 2 heterocycles. The van der Waals surface area contributed by atoms with E-state index in [4.69, 9.17) is 21.9 Å². The molecule has 0 saturated carbocycles. The maximum Gasteiger partial charge on any atom is 0.229 e. The maximum absolute atomic E-state index is 5.52. The first-order valence-corrected chi connectivity index (χ1v) is 11.3. The van der Waals surface area contributed by atoms with Crippen molar-refractivity contribution in [2.75, 3.05) is 24.3 Å². The molecule has 4 aromatic rings. The van der Waals surface area contributed by atoms with Gasteiger partial charge in [-0.05, 0) is 62.3 Å². The number of aromatic nitrogens is 3. The van der Waals surface area contributed by atoms with Gasteiger partial charge < -0.3 is 20.4 Å². The third-order valence-corrected chi connectivity index (χ3v) is 5.30. The Morgan fingerprint density at radius 2 is 1.82 bits per heavy atom. The smallest absolute Gasteiger partial charge is 0.229 e. The molecule has 2 aromatic carbocycles. The molecule has 0 bridgehead atoms. The van der Waals surface area contributed by atoms with Gasteiger partial charge in [0.2, 0.25) is 11.9 Å². The van der Waals surface area contributed by atoms with Crippen molar-refractivity contribution in [1.29, 1.82) is 0 Å². The van der Waals surface area contributed by atoms with Gasteiger partial charge in [0.15, 0.2) is 5.11 Å². The fourth-order valence-corrected chi connectivity index (χ4v) is 3.81. The van der Waals surface area contributed by atoms with E-state index in [1.165, 1.54) is 10.9 Å². The predicted molar refractivity (Wildman–Crippen MR) is 142 cm³/mol. The molecular formula is C25H27N7OS. The number of hydrogen-bond donors (Lipinski definition) is 4. The van der Waals surface area contributed by atoms with E-state index in [1.54, 1.807) is 7.11 Å². The molecule has 9 heteroatoms. The molecule has 0 aliphatic rings. The van der Waals surface area contributed by atoms with Crippen LogP contribution in [-0.2, 0) is 6.42 Å². The average Bonchev–Trinajstić information content (AvgIpc) is 3.21. The molecule has 0 radical (unpaired) electrons. The predicted octanol–water partition coefficient (Wildman–Crippen LogP) is 4.58. The Kier molecular flexibility index (Phi) is 7.34. The highest BCUT2D eigenvalue weighted by atomic mass is 32.1. The van der Waals surface area contributed by atoms with Crippen LogP contribution in [-0.4, -0.2) is 39.7 Å². The van der Waals surface area contributed by atoms with Gasteiger partial charge in [-0.3, -0.25) is 10.3 Å². The first kappa shape index (κ1) is 23.2. The standard InChI is InChI=1S/C25H27N7OS/c1-16-13-17(2)29-24(28-16)31-23(32-25(34)30-19-7-6-8-20(14-19)33-3)26-12-11-18-15-27-22-10-5-4-9-21(18)22/h4-10,13-15,27H,11-12H2,1-3H3,(H3,26,28,29,30,31,32,34). The Labute approximate surface area is 203 Å². The van der Waals surface area contributed by atoms with Crippen LogP contribution >= 0.6 is 12.2 Å². The van der Waals surface area contributed by atoms with Crippen molar-refractivity contribution in [3.05, 3.63) is 77.7 Å². The minimum absolute atomic E-state index is 0.385. The van der Waals surface area contributed by atoms with Gasteiger partial charge >= 0.3 is 0 Å². The Hall–Kier alpha value is -3.98. The zero-order valence-electron chi connectivity index (χ0n) is 19.3. The Morgan fingerprint density at radius 1 is 1.03 bits per heavy atom. The molecule has 0 saturated heterocycles. The summed E-state index contributed by atoms with van der Waals surface area (Å²) in [5.41, 5.74) is 4.86. The van der Waals surface area contributed by atoms with Crippen LogP contribution in [0.1, 0.15) is 17.0 Å². The molecule has 174 valence electrons. The molecule has 4 N–H and O–H groups in total. The molecule has 0 amide bonds. The van der Waals surface area contributed by atoms with Crippen molar-refractivity contribution in [2.24, 2.45) is 4.99 Å². The molecule has 4 rings (SSSR count). The number of H-pyrrole nitrogens is 1. The second-order valence-electron chi connectivity index (χ2n) is 7.75. The quantitative estimate of drug-likeness (QED) is 0.185. The Morgan fingerprint density at radius 3 is 2.62 bits per heavy atom. The number of para-hydroxylation sites is 1. The van der Waals surface area contributed by atoms with E-state index >= 15 is 0 Å². The van der Waals surface area contributed by atoms with Gasteiger partial charge in [-0.2, -0.15) is 0 Å². The van der Waals surface area contributed by atoms with E-state index in [0.717, 1.165) is 34.8 Å². The summed E-state index contributed by atoms with van der Waals surface area (Å²) < 4.78 is 5.28. The monoisotopic (exact) mass is 473 g/mol. The van der Waals surface area contributed by atoms with Crippen LogP contribution in [0.15, 0.2) is 65.8 Å². The van der Waals surface area contributed by atoms with Crippen LogP contribution in [0.25, 0.3) is 10.9 Å². The first-order chi connectivity index (χ1) is 16.5. The van der Waals surface area contributed by atoms with Crippen LogP contribution in [0.2, 0.25) is 0 Å². The fourth-order valence-electron chi connectivity index (χ4n) is 3.60. The minimum Gasteiger partial charge on any atom is -0.497 e. The number of guanidine groups is 1. The van der Waals surface area contributed by atoms with Crippen molar-refractivity contribution in [2.45, 2.75) is 20.3 Å². The van der Waals surface area contributed by atoms with Gasteiger partial charge in [-0.1, -0.05) is 24.3 Å². The summed E-state index contributed by atoms with van der Waals surface area (Å²) in [7, 11) is 1.63. The van der Waals surface area contributed by atoms with E-state index in [9.17, 15) is 0 Å². The largest absolute Gasteiger partial charge is 0.497 e. The van der Waals surface area contributed by atoms with Crippen molar-refractivity contribution in [3.8, 4) is 5.75 Å². The van der Waals surface area contributed by atoms with E-state index < -0.39 is 0 Å². The highest BCUT2D eigenvalue weighted by Gasteiger charge is 2.09. The number of hydrogen-bond acceptors (Lipinski definition) is 5. The van der Waals surface area contributed by atoms with E-state index in [1.807, 2.05) is 62.5 Å². The molecule has 0 fully saturated rings. The number of nitrogens with zero attached hydrogens (tertiary/aromatic N) is 3. The SMILES string of the molecule is COc1cccc(NC(=S)NC(=NCCc2c[nH]c3ccccc23)Nc2nc(C)cc(C)n2)c1. The topological polar surface area (TPSA) is 99.2 Å². The lowest BCUT2D eigenvalue weighted by Crippen LogP contribution is -2.39. The molecule has 34 heavy (non-hydrogen) atoms. The van der Waals surface area contributed by atoms with Gasteiger partial charge in [-0.25, -0.2) is 9.97 Å². The number of fused-ring (bicyclic) bond motifs is 1. The Balaban J connectivity index is 1.49. The normalized spacial score (nSPS) is 11.3. The summed E-state index contributed by atoms with van der Waals surface area (Å²) in [5.74, 6) is 1.66. The van der Waals surface area contributed by atoms with Crippen LogP contribution in [0, 0.1) is 13.8 Å². The first-order valence-electron chi connectivity index (χ1n) is 10.9. The number of rotatable bonds is 6. The van der Waals surface area contributed by atoms with Gasteiger partial charge in [0, 0.05) is 46.8 Å².